The van der Waals surface area contributed by atoms with Gasteiger partial charge in [-0.05, 0) is 101 Å². The molecule has 21 heteroatoms. The number of hydrogen-bond acceptors (Lipinski definition) is 19. The van der Waals surface area contributed by atoms with Gasteiger partial charge in [-0.2, -0.15) is 0 Å². The molecule has 0 aromatic heterocycles. The molecule has 6 aliphatic heterocycles. The average molecular weight is 1140 g/mol. The molecule has 0 radical (unpaired) electrons. The molecule has 1 aliphatic carbocycles. The van der Waals surface area contributed by atoms with E-state index in [9.17, 15) is 53.4 Å². The normalized spacial score (nSPS) is 36.8. The van der Waals surface area contributed by atoms with Crippen molar-refractivity contribution in [2.45, 2.75) is 192 Å². The quantitative estimate of drug-likeness (QED) is 0.102. The van der Waals surface area contributed by atoms with E-state index in [2.05, 4.69) is 0 Å². The van der Waals surface area contributed by atoms with Gasteiger partial charge in [0.2, 0.25) is 5.79 Å². The van der Waals surface area contributed by atoms with Crippen molar-refractivity contribution in [3.05, 3.63) is 47.6 Å². The van der Waals surface area contributed by atoms with Crippen LogP contribution < -0.4 is 0 Å². The van der Waals surface area contributed by atoms with E-state index in [1.165, 1.54) is 12.0 Å². The second-order valence-electron chi connectivity index (χ2n) is 23.1. The van der Waals surface area contributed by atoms with Crippen molar-refractivity contribution in [3.8, 4) is 0 Å². The van der Waals surface area contributed by atoms with Crippen LogP contribution >= 0.6 is 0 Å². The third-order valence-corrected chi connectivity index (χ3v) is 17.3. The number of fused-ring (bicyclic) bond motifs is 16. The maximum Gasteiger partial charge on any atom is 0.333 e. The number of esters is 2. The monoisotopic (exact) mass is 1140 g/mol. The van der Waals surface area contributed by atoms with Crippen LogP contribution in [0.25, 0.3) is 0 Å². The van der Waals surface area contributed by atoms with Crippen LogP contribution in [-0.4, -0.2) is 169 Å². The highest BCUT2D eigenvalue weighted by Crippen LogP contribution is 2.46. The molecule has 16 atom stereocenters. The molecule has 3 amide bonds. The molecule has 7 rings (SSSR count). The summed E-state index contributed by atoms with van der Waals surface area (Å²) in [5.41, 5.74) is 1.10. The number of amides is 3. The molecule has 450 valence electrons. The highest BCUT2D eigenvalue weighted by atomic mass is 16.7. The zero-order valence-electron chi connectivity index (χ0n) is 48.6. The molecule has 6 heterocycles. The second-order valence-corrected chi connectivity index (χ2v) is 23.1. The number of aliphatic hydroxyl groups excluding tert-OH is 1. The molecule has 0 aromatic rings. The highest BCUT2D eigenvalue weighted by molar-refractivity contribution is 6.39. The molecular formula is C60H86N2O19. The van der Waals surface area contributed by atoms with Crippen LogP contribution in [0, 0.1) is 41.4 Å². The van der Waals surface area contributed by atoms with Gasteiger partial charge in [0, 0.05) is 77.2 Å². The number of aliphatic hydroxyl groups is 2. The van der Waals surface area contributed by atoms with Crippen LogP contribution in [0.2, 0.25) is 0 Å². The van der Waals surface area contributed by atoms with Crippen molar-refractivity contribution in [1.29, 1.82) is 0 Å². The van der Waals surface area contributed by atoms with Crippen molar-refractivity contribution in [3.63, 3.8) is 0 Å². The Morgan fingerprint density at radius 3 is 2.19 bits per heavy atom. The molecule has 1 unspecified atom stereocenters. The van der Waals surface area contributed by atoms with E-state index in [-0.39, 0.29) is 80.8 Å². The number of hydrogen-bond donors (Lipinski definition) is 2. The summed E-state index contributed by atoms with van der Waals surface area (Å²) < 4.78 is 42.0. The van der Waals surface area contributed by atoms with Gasteiger partial charge in [-0.1, -0.05) is 64.2 Å². The van der Waals surface area contributed by atoms with Crippen LogP contribution in [0.5, 0.6) is 0 Å². The zero-order chi connectivity index (χ0) is 59.3. The topological polar surface area (TPSA) is 274 Å². The largest absolute Gasteiger partial charge is 0.460 e. The fourth-order valence-corrected chi connectivity index (χ4v) is 12.6. The van der Waals surface area contributed by atoms with E-state index >= 15 is 0 Å². The summed E-state index contributed by atoms with van der Waals surface area (Å²) >= 11 is 0. The van der Waals surface area contributed by atoms with E-state index in [4.69, 9.17) is 38.0 Å². The summed E-state index contributed by atoms with van der Waals surface area (Å²) in [5, 5.41) is 22.0. The molecule has 4 saturated heterocycles. The number of carbonyl (C=O) groups is 9. The lowest BCUT2D eigenvalue weighted by atomic mass is 9.68. The van der Waals surface area contributed by atoms with Crippen LogP contribution in [-0.2, 0) is 81.1 Å². The van der Waals surface area contributed by atoms with Crippen molar-refractivity contribution >= 4 is 53.0 Å². The summed E-state index contributed by atoms with van der Waals surface area (Å²) in [4.78, 5) is 130. The summed E-state index contributed by atoms with van der Waals surface area (Å²) in [6, 6.07) is -1.21. The Bertz CT molecular complexity index is 2400. The first-order valence-electron chi connectivity index (χ1n) is 28.8. The van der Waals surface area contributed by atoms with E-state index in [1.54, 1.807) is 48.0 Å². The van der Waals surface area contributed by atoms with Gasteiger partial charge in [0.05, 0.1) is 50.5 Å². The van der Waals surface area contributed by atoms with Gasteiger partial charge in [0.25, 0.3) is 23.5 Å². The van der Waals surface area contributed by atoms with Gasteiger partial charge >= 0.3 is 17.9 Å². The van der Waals surface area contributed by atoms with E-state index in [0.29, 0.717) is 62.9 Å². The number of carbonyl (C=O) groups excluding carboxylic acids is 9. The predicted molar refractivity (Wildman–Crippen MR) is 289 cm³/mol. The van der Waals surface area contributed by atoms with Gasteiger partial charge in [-0.25, -0.2) is 9.59 Å². The van der Waals surface area contributed by atoms with E-state index in [0.717, 1.165) is 5.57 Å². The predicted octanol–water partition coefficient (Wildman–Crippen LogP) is 5.36. The van der Waals surface area contributed by atoms with Crippen LogP contribution in [0.3, 0.4) is 0 Å². The Morgan fingerprint density at radius 2 is 1.51 bits per heavy atom. The van der Waals surface area contributed by atoms with Crippen LogP contribution in [0.1, 0.15) is 138 Å². The number of rotatable bonds is 13. The van der Waals surface area contributed by atoms with Gasteiger partial charge in [-0.15, -0.1) is 5.06 Å². The number of hydroxylamine groups is 2. The lowest BCUT2D eigenvalue weighted by Gasteiger charge is -2.50. The standard InChI is InChI=1S/C60H86N2O19/c1-34-14-11-10-12-15-35(2)46(74-7)32-41-19-17-39(6)60(73,80-41)57(70)58(71)61-25-13-16-42-43(30-40-18-20-45(77-27-26-63)48(31-40)75-8)47(78-59(72)53(42)61)33-44(64)36(3)29-38(5)55(56(76-9)54(69)37(4)28-34)79-51(67)23-24-52(68)81-62-49(65)21-22-50(62)66/h10-12,14-15,29,34,36-37,39-43,45-48,53,55-56,63,73H,13,16-28,30-33H2,1-9H3/b12-10+,14-11+,35-15?,38-29+/t34-,36-,37-,39-,40+,41+,42?,43+,45-,46+,47+,48-,53+,55-,56+,60-/m1/s1. The Morgan fingerprint density at radius 1 is 0.790 bits per heavy atom. The van der Waals surface area contributed by atoms with Crippen molar-refractivity contribution in [1.82, 2.24) is 9.96 Å². The van der Waals surface area contributed by atoms with Gasteiger partial charge < -0.3 is 53.1 Å². The number of Topliss-reactive ketones (excluding diaryl/α,β-unsaturated/α-hetero) is 3. The molecule has 0 spiro atoms. The van der Waals surface area contributed by atoms with Gasteiger partial charge in [0.1, 0.15) is 17.9 Å². The minimum absolute atomic E-state index is 0.0124. The number of allylic oxidation sites excluding steroid dienone is 6. The third kappa shape index (κ3) is 16.3. The highest BCUT2D eigenvalue weighted by Gasteiger charge is 2.57. The average Bonchev–Trinajstić information content (AvgIpc) is 3.84. The van der Waals surface area contributed by atoms with Crippen LogP contribution in [0.4, 0.5) is 0 Å². The smallest absolute Gasteiger partial charge is 0.333 e. The Balaban J connectivity index is 1.35. The lowest BCUT2D eigenvalue weighted by Crippen LogP contribution is -2.65. The Labute approximate surface area is 475 Å². The third-order valence-electron chi connectivity index (χ3n) is 17.3. The molecule has 81 heavy (non-hydrogen) atoms. The van der Waals surface area contributed by atoms with Crippen molar-refractivity contribution in [2.75, 3.05) is 41.1 Å². The first-order valence-corrected chi connectivity index (χ1v) is 28.8. The molecule has 2 N–H and O–H groups in total. The fourth-order valence-electron chi connectivity index (χ4n) is 12.6. The van der Waals surface area contributed by atoms with Gasteiger partial charge in [0.15, 0.2) is 18.0 Å². The number of imide groups is 1. The first kappa shape index (κ1) is 64.9. The molecule has 5 fully saturated rings. The summed E-state index contributed by atoms with van der Waals surface area (Å²) in [7, 11) is 4.44. The minimum atomic E-state index is -2.50. The summed E-state index contributed by atoms with van der Waals surface area (Å²) in [6.07, 6.45) is 8.39. The molecule has 6 bridgehead atoms. The fraction of sp³-hybridized carbons (Fsp3) is 0.717. The first-order chi connectivity index (χ1) is 38.5. The summed E-state index contributed by atoms with van der Waals surface area (Å²) in [6.45, 7) is 10.4. The maximum absolute atomic E-state index is 14.7. The van der Waals surface area contributed by atoms with Crippen LogP contribution in [0.15, 0.2) is 47.6 Å². The molecule has 1 saturated carbocycles. The number of methoxy groups -OCH3 is 3. The number of nitrogens with zero attached hydrogens (tertiary/aromatic N) is 2. The SMILES string of the molecule is CO[C@H]1C[C@@H]2CC[C@@H](C)[C@@](O)(O2)C(=O)C(=O)N2CCCC3[C@H]2C(=O)O[C@@H](CC(=O)[C@H](C)/C=C(\C)[C@@H](OC(=O)CCC(=O)ON2C(=O)CCC2=O)[C@@H](OC)C(=O)[C@H](C)C[C@H](C)/C=C/C=C/C=C1C)[C@H]3C[C@@H]1CC[C@@H](OCCO)[C@H](OC)C1. The number of piperidine rings is 1. The second kappa shape index (κ2) is 29.8. The van der Waals surface area contributed by atoms with Crippen molar-refractivity contribution < 1.29 is 91.4 Å². The Hall–Kier alpha value is -5.29. The van der Waals surface area contributed by atoms with E-state index in [1.807, 2.05) is 44.2 Å². The molecule has 7 aliphatic rings. The maximum atomic E-state index is 14.7. The van der Waals surface area contributed by atoms with E-state index < -0.39 is 132 Å². The molecule has 21 nitrogen and oxygen atoms in total. The number of ketones is 3. The summed E-state index contributed by atoms with van der Waals surface area (Å²) in [5.74, 6) is -13.2. The zero-order valence-corrected chi connectivity index (χ0v) is 48.6. The molecular weight excluding hydrogens is 1050 g/mol. The minimum Gasteiger partial charge on any atom is -0.460 e. The number of ether oxygens (including phenoxy) is 7. The lowest BCUT2D eigenvalue weighted by molar-refractivity contribution is -0.266. The van der Waals surface area contributed by atoms with Crippen molar-refractivity contribution in [2.24, 2.45) is 41.4 Å². The van der Waals surface area contributed by atoms with Gasteiger partial charge in [-0.3, -0.25) is 33.6 Å². The Kier molecular flexibility index (Phi) is 23.9. The molecule has 0 aromatic carbocycles.